The Hall–Kier alpha value is -3.06. The third kappa shape index (κ3) is 6.10. The number of aryl methyl sites for hydroxylation is 1. The second-order valence-corrected chi connectivity index (χ2v) is 5.93. The fourth-order valence-electron chi connectivity index (χ4n) is 2.32. The molecule has 2 aromatic rings. The number of rotatable bonds is 6. The van der Waals surface area contributed by atoms with Crippen LogP contribution < -0.4 is 21.3 Å². The lowest BCUT2D eigenvalue weighted by Gasteiger charge is -2.15. The number of ether oxygens (including phenoxy) is 1. The van der Waals surface area contributed by atoms with E-state index >= 15 is 0 Å². The van der Waals surface area contributed by atoms with Crippen molar-refractivity contribution in [1.82, 2.24) is 5.32 Å². The molecule has 0 heterocycles. The molecule has 1 atom stereocenters. The predicted octanol–water partition coefficient (Wildman–Crippen LogP) is 3.80. The Bertz CT molecular complexity index is 750. The number of benzene rings is 2. The van der Waals surface area contributed by atoms with E-state index in [1.807, 2.05) is 38.1 Å². The highest BCUT2D eigenvalue weighted by atomic mass is 16.5. The molecule has 26 heavy (non-hydrogen) atoms. The molecule has 0 spiro atoms. The summed E-state index contributed by atoms with van der Waals surface area (Å²) in [5.41, 5.74) is 2.77. The molecule has 0 saturated heterocycles. The molecule has 2 rings (SSSR count). The van der Waals surface area contributed by atoms with Crippen LogP contribution >= 0.6 is 0 Å². The van der Waals surface area contributed by atoms with Crippen LogP contribution in [0.3, 0.4) is 0 Å². The van der Waals surface area contributed by atoms with Crippen LogP contribution in [0.25, 0.3) is 0 Å². The number of carbonyl (C=O) groups is 2. The largest absolute Gasteiger partial charge is 0.383 e. The molecule has 0 radical (unpaired) electrons. The fraction of sp³-hybridized carbons (Fsp3) is 0.263. The molecular weight excluding hydrogens is 332 g/mol. The zero-order valence-electron chi connectivity index (χ0n) is 15.1. The molecule has 7 heteroatoms. The highest BCUT2D eigenvalue weighted by molar-refractivity contribution is 6.00. The van der Waals surface area contributed by atoms with Gasteiger partial charge in [0.05, 0.1) is 12.6 Å². The van der Waals surface area contributed by atoms with Crippen molar-refractivity contribution in [1.29, 1.82) is 0 Å². The monoisotopic (exact) mass is 356 g/mol. The second-order valence-electron chi connectivity index (χ2n) is 5.93. The predicted molar refractivity (Wildman–Crippen MR) is 104 cm³/mol. The van der Waals surface area contributed by atoms with Gasteiger partial charge in [-0.25, -0.2) is 9.59 Å². The lowest BCUT2D eigenvalue weighted by atomic mass is 10.2. The number of methoxy groups -OCH3 is 1. The number of amides is 4. The van der Waals surface area contributed by atoms with Crippen molar-refractivity contribution in [3.8, 4) is 0 Å². The lowest BCUT2D eigenvalue weighted by molar-refractivity contribution is 0.173. The Kier molecular flexibility index (Phi) is 6.99. The average Bonchev–Trinajstić information content (AvgIpc) is 2.58. The minimum Gasteiger partial charge on any atom is -0.383 e. The number of nitrogens with one attached hydrogen (secondary N) is 4. The van der Waals surface area contributed by atoms with Crippen molar-refractivity contribution in [2.45, 2.75) is 19.9 Å². The van der Waals surface area contributed by atoms with E-state index in [9.17, 15) is 9.59 Å². The van der Waals surface area contributed by atoms with E-state index in [1.165, 1.54) is 0 Å². The van der Waals surface area contributed by atoms with Gasteiger partial charge in [-0.1, -0.05) is 24.3 Å². The Labute approximate surface area is 153 Å². The maximum atomic E-state index is 12.1. The van der Waals surface area contributed by atoms with Crippen LogP contribution in [0, 0.1) is 6.92 Å². The van der Waals surface area contributed by atoms with Crippen LogP contribution in [-0.2, 0) is 4.74 Å². The van der Waals surface area contributed by atoms with Gasteiger partial charge in [-0.05, 0) is 43.7 Å². The molecular formula is C19H24N4O3. The number of carbonyl (C=O) groups excluding carboxylic acids is 2. The van der Waals surface area contributed by atoms with Gasteiger partial charge in [0.15, 0.2) is 0 Å². The minimum absolute atomic E-state index is 0.113. The molecule has 0 saturated carbocycles. The number of hydrogen-bond acceptors (Lipinski definition) is 3. The summed E-state index contributed by atoms with van der Waals surface area (Å²) < 4.78 is 4.99. The van der Waals surface area contributed by atoms with Gasteiger partial charge in [0, 0.05) is 24.2 Å². The first-order valence-electron chi connectivity index (χ1n) is 8.28. The number of anilines is 3. The molecule has 0 aromatic heterocycles. The van der Waals surface area contributed by atoms with Gasteiger partial charge in [-0.15, -0.1) is 0 Å². The summed E-state index contributed by atoms with van der Waals surface area (Å²) in [6.45, 7) is 4.15. The lowest BCUT2D eigenvalue weighted by Crippen LogP contribution is -2.38. The van der Waals surface area contributed by atoms with Gasteiger partial charge in [0.1, 0.15) is 0 Å². The first-order chi connectivity index (χ1) is 12.5. The number of para-hydroxylation sites is 1. The van der Waals surface area contributed by atoms with Crippen LogP contribution in [0.5, 0.6) is 0 Å². The SMILES string of the molecule is COCC(C)NC(=O)Nc1cc(NC(=O)Nc2ccccc2)ccc1C. The maximum absolute atomic E-state index is 12.1. The summed E-state index contributed by atoms with van der Waals surface area (Å²) in [5.74, 6) is 0. The minimum atomic E-state index is -0.357. The average molecular weight is 356 g/mol. The van der Waals surface area contributed by atoms with Crippen LogP contribution in [0.15, 0.2) is 48.5 Å². The highest BCUT2D eigenvalue weighted by Crippen LogP contribution is 2.20. The molecule has 2 aromatic carbocycles. The van der Waals surface area contributed by atoms with Crippen LogP contribution in [0.4, 0.5) is 26.7 Å². The van der Waals surface area contributed by atoms with Gasteiger partial charge >= 0.3 is 12.1 Å². The molecule has 1 unspecified atom stereocenters. The smallest absolute Gasteiger partial charge is 0.323 e. The number of hydrogen-bond donors (Lipinski definition) is 4. The summed E-state index contributed by atoms with van der Waals surface area (Å²) >= 11 is 0. The Balaban J connectivity index is 1.97. The van der Waals surface area contributed by atoms with Gasteiger partial charge in [-0.2, -0.15) is 0 Å². The summed E-state index contributed by atoms with van der Waals surface area (Å²) in [7, 11) is 1.58. The fourth-order valence-corrected chi connectivity index (χ4v) is 2.32. The molecule has 0 bridgehead atoms. The summed E-state index contributed by atoms with van der Waals surface area (Å²) in [6, 6.07) is 13.7. The van der Waals surface area contributed by atoms with Crippen molar-refractivity contribution in [3.63, 3.8) is 0 Å². The van der Waals surface area contributed by atoms with E-state index in [0.717, 1.165) is 5.56 Å². The molecule has 0 aliphatic rings. The summed E-state index contributed by atoms with van der Waals surface area (Å²) in [4.78, 5) is 24.1. The van der Waals surface area contributed by atoms with Crippen molar-refractivity contribution in [2.75, 3.05) is 29.7 Å². The molecule has 7 nitrogen and oxygen atoms in total. The van der Waals surface area contributed by atoms with E-state index in [4.69, 9.17) is 4.74 Å². The highest BCUT2D eigenvalue weighted by Gasteiger charge is 2.10. The molecule has 0 fully saturated rings. The zero-order chi connectivity index (χ0) is 18.9. The van der Waals surface area contributed by atoms with Crippen molar-refractivity contribution in [2.24, 2.45) is 0 Å². The second kappa shape index (κ2) is 9.43. The van der Waals surface area contributed by atoms with Gasteiger partial charge in [0.25, 0.3) is 0 Å². The van der Waals surface area contributed by atoms with E-state index in [-0.39, 0.29) is 18.1 Å². The van der Waals surface area contributed by atoms with Crippen LogP contribution in [0.2, 0.25) is 0 Å². The molecule has 0 aliphatic heterocycles. The third-order valence-corrected chi connectivity index (χ3v) is 3.57. The van der Waals surface area contributed by atoms with Gasteiger partial charge in [0.2, 0.25) is 0 Å². The molecule has 4 N–H and O–H groups in total. The normalized spacial score (nSPS) is 11.3. The Morgan fingerprint density at radius 1 is 0.962 bits per heavy atom. The van der Waals surface area contributed by atoms with E-state index < -0.39 is 0 Å². The quantitative estimate of drug-likeness (QED) is 0.634. The summed E-state index contributed by atoms with van der Waals surface area (Å²) in [5, 5.41) is 11.1. The first-order valence-corrected chi connectivity index (χ1v) is 8.28. The van der Waals surface area contributed by atoms with E-state index in [2.05, 4.69) is 21.3 Å². The van der Waals surface area contributed by atoms with Crippen molar-refractivity contribution in [3.05, 3.63) is 54.1 Å². The Morgan fingerprint density at radius 3 is 2.35 bits per heavy atom. The van der Waals surface area contributed by atoms with Crippen molar-refractivity contribution >= 4 is 29.1 Å². The van der Waals surface area contributed by atoms with Crippen molar-refractivity contribution < 1.29 is 14.3 Å². The summed E-state index contributed by atoms with van der Waals surface area (Å²) in [6.07, 6.45) is 0. The third-order valence-electron chi connectivity index (χ3n) is 3.57. The standard InChI is InChI=1S/C19H24N4O3/c1-13-9-10-16(22-19(25)21-15-7-5-4-6-8-15)11-17(13)23-18(24)20-14(2)12-26-3/h4-11,14H,12H2,1-3H3,(H2,20,23,24)(H2,21,22,25). The maximum Gasteiger partial charge on any atom is 0.323 e. The Morgan fingerprint density at radius 2 is 1.65 bits per heavy atom. The molecule has 138 valence electrons. The number of urea groups is 2. The van der Waals surface area contributed by atoms with Gasteiger partial charge < -0.3 is 26.0 Å². The van der Waals surface area contributed by atoms with Crippen LogP contribution in [0.1, 0.15) is 12.5 Å². The topological polar surface area (TPSA) is 91.5 Å². The van der Waals surface area contributed by atoms with Gasteiger partial charge in [-0.3, -0.25) is 0 Å². The van der Waals surface area contributed by atoms with Crippen LogP contribution in [-0.4, -0.2) is 31.8 Å². The van der Waals surface area contributed by atoms with E-state index in [1.54, 1.807) is 31.4 Å². The first kappa shape index (κ1) is 19.3. The molecule has 4 amide bonds. The van der Waals surface area contributed by atoms with E-state index in [0.29, 0.717) is 23.7 Å². The zero-order valence-corrected chi connectivity index (χ0v) is 15.1. The molecule has 0 aliphatic carbocycles.